The lowest BCUT2D eigenvalue weighted by Crippen LogP contribution is -2.37. The highest BCUT2D eigenvalue weighted by Gasteiger charge is 2.13. The average molecular weight is 335 g/mol. The standard InChI is InChI=1S/C13H17BrClNO2/c1-3-4-12(8-18-2)16-13(17)9-5-10(14)7-11(15)6-9/h5-7,12H,3-4,8H2,1-2H3,(H,16,17). The lowest BCUT2D eigenvalue weighted by Gasteiger charge is -2.17. The molecule has 0 aliphatic rings. The van der Waals surface area contributed by atoms with Crippen LogP contribution in [0.25, 0.3) is 0 Å². The van der Waals surface area contributed by atoms with Crippen molar-refractivity contribution in [3.63, 3.8) is 0 Å². The number of hydrogen-bond acceptors (Lipinski definition) is 2. The van der Waals surface area contributed by atoms with Crippen LogP contribution in [0.4, 0.5) is 0 Å². The van der Waals surface area contributed by atoms with Crippen LogP contribution in [0, 0.1) is 0 Å². The SMILES string of the molecule is CCCC(COC)NC(=O)c1cc(Cl)cc(Br)c1. The molecule has 1 aromatic carbocycles. The fourth-order valence-electron chi connectivity index (χ4n) is 1.70. The fourth-order valence-corrected chi connectivity index (χ4v) is 2.56. The van der Waals surface area contributed by atoms with Gasteiger partial charge in [0.05, 0.1) is 12.6 Å². The van der Waals surface area contributed by atoms with E-state index < -0.39 is 0 Å². The van der Waals surface area contributed by atoms with Crippen molar-refractivity contribution >= 4 is 33.4 Å². The van der Waals surface area contributed by atoms with Crippen molar-refractivity contribution in [1.82, 2.24) is 5.32 Å². The van der Waals surface area contributed by atoms with Gasteiger partial charge in [-0.25, -0.2) is 0 Å². The second-order valence-electron chi connectivity index (χ2n) is 4.07. The molecule has 0 spiro atoms. The summed E-state index contributed by atoms with van der Waals surface area (Å²) in [6.07, 6.45) is 1.88. The molecule has 0 radical (unpaired) electrons. The molecule has 0 saturated heterocycles. The molecule has 0 bridgehead atoms. The summed E-state index contributed by atoms with van der Waals surface area (Å²) in [4.78, 5) is 12.1. The molecule has 18 heavy (non-hydrogen) atoms. The molecule has 100 valence electrons. The molecule has 0 heterocycles. The van der Waals surface area contributed by atoms with Gasteiger partial charge in [0.25, 0.3) is 5.91 Å². The summed E-state index contributed by atoms with van der Waals surface area (Å²) in [5.74, 6) is -0.131. The molecule has 1 unspecified atom stereocenters. The molecule has 0 saturated carbocycles. The third-order valence-electron chi connectivity index (χ3n) is 2.46. The van der Waals surface area contributed by atoms with Gasteiger partial charge in [0, 0.05) is 22.2 Å². The Labute approximate surface area is 121 Å². The number of carbonyl (C=O) groups excluding carboxylic acids is 1. The van der Waals surface area contributed by atoms with Gasteiger partial charge in [0.1, 0.15) is 0 Å². The van der Waals surface area contributed by atoms with Gasteiger partial charge in [-0.3, -0.25) is 4.79 Å². The Bertz CT molecular complexity index is 386. The molecule has 5 heteroatoms. The molecular weight excluding hydrogens is 318 g/mol. The van der Waals surface area contributed by atoms with Crippen LogP contribution in [0.3, 0.4) is 0 Å². The van der Waals surface area contributed by atoms with E-state index in [4.69, 9.17) is 16.3 Å². The highest BCUT2D eigenvalue weighted by atomic mass is 79.9. The van der Waals surface area contributed by atoms with Crippen LogP contribution < -0.4 is 5.32 Å². The van der Waals surface area contributed by atoms with Crippen LogP contribution >= 0.6 is 27.5 Å². The third kappa shape index (κ3) is 4.96. The summed E-state index contributed by atoms with van der Waals surface area (Å²) < 4.78 is 5.88. The van der Waals surface area contributed by atoms with Crippen molar-refractivity contribution in [3.8, 4) is 0 Å². The Morgan fingerprint density at radius 2 is 2.22 bits per heavy atom. The Morgan fingerprint density at radius 3 is 2.78 bits per heavy atom. The Balaban J connectivity index is 2.73. The number of carbonyl (C=O) groups is 1. The largest absolute Gasteiger partial charge is 0.383 e. The summed E-state index contributed by atoms with van der Waals surface area (Å²) in [5.41, 5.74) is 0.548. The van der Waals surface area contributed by atoms with E-state index in [1.54, 1.807) is 25.3 Å². The van der Waals surface area contributed by atoms with E-state index in [0.717, 1.165) is 17.3 Å². The van der Waals surface area contributed by atoms with Crippen LogP contribution in [0.1, 0.15) is 30.1 Å². The van der Waals surface area contributed by atoms with Crippen LogP contribution in [0.2, 0.25) is 5.02 Å². The molecule has 1 rings (SSSR count). The highest BCUT2D eigenvalue weighted by Crippen LogP contribution is 2.19. The first-order chi connectivity index (χ1) is 8.56. The molecular formula is C13H17BrClNO2. The van der Waals surface area contributed by atoms with Crippen molar-refractivity contribution in [2.24, 2.45) is 0 Å². The van der Waals surface area contributed by atoms with E-state index in [2.05, 4.69) is 28.2 Å². The van der Waals surface area contributed by atoms with E-state index >= 15 is 0 Å². The molecule has 0 aromatic heterocycles. The predicted octanol–water partition coefficient (Wildman–Crippen LogP) is 3.65. The lowest BCUT2D eigenvalue weighted by molar-refractivity contribution is 0.0891. The average Bonchev–Trinajstić information content (AvgIpc) is 2.28. The van der Waals surface area contributed by atoms with Crippen LogP contribution in [0.5, 0.6) is 0 Å². The maximum atomic E-state index is 12.1. The minimum Gasteiger partial charge on any atom is -0.383 e. The second kappa shape index (κ2) is 7.77. The molecule has 1 amide bonds. The first-order valence-electron chi connectivity index (χ1n) is 5.82. The summed E-state index contributed by atoms with van der Waals surface area (Å²) in [6, 6.07) is 5.18. The molecule has 3 nitrogen and oxygen atoms in total. The maximum absolute atomic E-state index is 12.1. The second-order valence-corrected chi connectivity index (χ2v) is 5.42. The lowest BCUT2D eigenvalue weighted by atomic mass is 10.1. The van der Waals surface area contributed by atoms with Gasteiger partial charge in [-0.1, -0.05) is 40.9 Å². The number of methoxy groups -OCH3 is 1. The van der Waals surface area contributed by atoms with E-state index in [1.807, 2.05) is 0 Å². The maximum Gasteiger partial charge on any atom is 0.251 e. The number of ether oxygens (including phenoxy) is 1. The van der Waals surface area contributed by atoms with Gasteiger partial charge in [-0.05, 0) is 24.6 Å². The Hall–Kier alpha value is -0.580. The quantitative estimate of drug-likeness (QED) is 0.862. The highest BCUT2D eigenvalue weighted by molar-refractivity contribution is 9.10. The zero-order chi connectivity index (χ0) is 13.5. The van der Waals surface area contributed by atoms with Gasteiger partial charge >= 0.3 is 0 Å². The summed E-state index contributed by atoms with van der Waals surface area (Å²) >= 11 is 9.24. The molecule has 1 N–H and O–H groups in total. The predicted molar refractivity (Wildman–Crippen MR) is 77.2 cm³/mol. The fraction of sp³-hybridized carbons (Fsp3) is 0.462. The van der Waals surface area contributed by atoms with Gasteiger partial charge in [0.2, 0.25) is 0 Å². The van der Waals surface area contributed by atoms with Crippen molar-refractivity contribution in [2.75, 3.05) is 13.7 Å². The number of nitrogens with one attached hydrogen (secondary N) is 1. The molecule has 0 aliphatic heterocycles. The van der Waals surface area contributed by atoms with Gasteiger partial charge in [-0.2, -0.15) is 0 Å². The number of hydrogen-bond donors (Lipinski definition) is 1. The molecule has 1 atom stereocenters. The van der Waals surface area contributed by atoms with Gasteiger partial charge in [0.15, 0.2) is 0 Å². The van der Waals surface area contributed by atoms with Crippen LogP contribution in [-0.2, 0) is 4.74 Å². The topological polar surface area (TPSA) is 38.3 Å². The molecule has 0 aliphatic carbocycles. The van der Waals surface area contributed by atoms with E-state index in [0.29, 0.717) is 17.2 Å². The third-order valence-corrected chi connectivity index (χ3v) is 3.14. The molecule has 0 fully saturated rings. The van der Waals surface area contributed by atoms with E-state index in [1.165, 1.54) is 0 Å². The van der Waals surface area contributed by atoms with Crippen molar-refractivity contribution < 1.29 is 9.53 Å². The summed E-state index contributed by atoms with van der Waals surface area (Å²) in [7, 11) is 1.63. The Kier molecular flexibility index (Phi) is 6.68. The summed E-state index contributed by atoms with van der Waals surface area (Å²) in [5, 5.41) is 3.48. The van der Waals surface area contributed by atoms with Gasteiger partial charge < -0.3 is 10.1 Å². The zero-order valence-corrected chi connectivity index (χ0v) is 12.8. The zero-order valence-electron chi connectivity index (χ0n) is 10.5. The van der Waals surface area contributed by atoms with Crippen molar-refractivity contribution in [1.29, 1.82) is 0 Å². The smallest absolute Gasteiger partial charge is 0.251 e. The molecule has 1 aromatic rings. The van der Waals surface area contributed by atoms with E-state index in [9.17, 15) is 4.79 Å². The number of amides is 1. The number of halogens is 2. The van der Waals surface area contributed by atoms with Gasteiger partial charge in [-0.15, -0.1) is 0 Å². The normalized spacial score (nSPS) is 12.2. The monoisotopic (exact) mass is 333 g/mol. The van der Waals surface area contributed by atoms with Crippen LogP contribution in [0.15, 0.2) is 22.7 Å². The van der Waals surface area contributed by atoms with Crippen molar-refractivity contribution in [2.45, 2.75) is 25.8 Å². The van der Waals surface area contributed by atoms with Crippen LogP contribution in [-0.4, -0.2) is 25.7 Å². The Morgan fingerprint density at radius 1 is 1.50 bits per heavy atom. The number of benzene rings is 1. The summed E-state index contributed by atoms with van der Waals surface area (Å²) in [6.45, 7) is 2.59. The first-order valence-corrected chi connectivity index (χ1v) is 6.99. The minimum atomic E-state index is -0.131. The number of rotatable bonds is 6. The van der Waals surface area contributed by atoms with Crippen molar-refractivity contribution in [3.05, 3.63) is 33.3 Å². The van der Waals surface area contributed by atoms with E-state index in [-0.39, 0.29) is 11.9 Å². The first kappa shape index (κ1) is 15.5. The minimum absolute atomic E-state index is 0.0326.